The van der Waals surface area contributed by atoms with Gasteiger partial charge in [-0.25, -0.2) is 6.08 Å². The molecular weight excluding hydrogens is 697 g/mol. The number of rotatable bonds is 4. The minimum Gasteiger partial charge on any atom is -0.365 e. The summed E-state index contributed by atoms with van der Waals surface area (Å²) in [6.07, 6.45) is 9.84. The van der Waals surface area contributed by atoms with E-state index in [2.05, 4.69) is 27.1 Å². The molecule has 0 fully saturated rings. The Morgan fingerprint density at radius 2 is 1.32 bits per heavy atom. The van der Waals surface area contributed by atoms with E-state index in [1.807, 2.05) is 72.8 Å². The van der Waals surface area contributed by atoms with Crippen molar-refractivity contribution in [2.75, 3.05) is 0 Å². The first-order valence-electron chi connectivity index (χ1n) is 12.3. The Morgan fingerprint density at radius 3 is 1.76 bits per heavy atom. The average Bonchev–Trinajstić information content (AvgIpc) is 3.63. The van der Waals surface area contributed by atoms with E-state index >= 15 is 0 Å². The van der Waals surface area contributed by atoms with E-state index in [0.717, 1.165) is 22.9 Å². The summed E-state index contributed by atoms with van der Waals surface area (Å²) in [4.78, 5) is 12.3. The zero-order valence-electron chi connectivity index (χ0n) is 22.4. The summed E-state index contributed by atoms with van der Waals surface area (Å²) in [7, 11) is 3.47. The zero-order valence-corrected chi connectivity index (χ0v) is 24.8. The van der Waals surface area contributed by atoms with Gasteiger partial charge < -0.3 is 14.1 Å². The topological polar surface area (TPSA) is 48.5 Å². The molecule has 0 N–H and O–H groups in total. The summed E-state index contributed by atoms with van der Waals surface area (Å²) in [5, 5.41) is 0. The van der Waals surface area contributed by atoms with Gasteiger partial charge in [-0.15, -0.1) is 54.1 Å². The molecule has 0 saturated carbocycles. The number of halogens is 2. The summed E-state index contributed by atoms with van der Waals surface area (Å²) >= 11 is 0. The van der Waals surface area contributed by atoms with E-state index in [4.69, 9.17) is 6.58 Å². The number of hydrogen-bond acceptors (Lipinski definition) is 3. The summed E-state index contributed by atoms with van der Waals surface area (Å²) in [6, 6.07) is 30.2. The van der Waals surface area contributed by atoms with Crippen molar-refractivity contribution in [3.05, 3.63) is 146 Å². The fraction of sp³-hybridized carbons (Fsp3) is 0.0606. The molecule has 3 aromatic carbocycles. The Kier molecular flexibility index (Phi) is 11.6. The molecule has 0 aliphatic carbocycles. The first-order valence-corrected chi connectivity index (χ1v) is 12.3. The van der Waals surface area contributed by atoms with Gasteiger partial charge in [0, 0.05) is 45.1 Å². The van der Waals surface area contributed by atoms with Crippen molar-refractivity contribution in [3.63, 3.8) is 0 Å². The Bertz CT molecular complexity index is 1550. The van der Waals surface area contributed by atoms with Gasteiger partial charge in [0.1, 0.15) is 0 Å². The third-order valence-corrected chi connectivity index (χ3v) is 5.71. The third-order valence-electron chi connectivity index (χ3n) is 5.71. The van der Waals surface area contributed by atoms with Crippen LogP contribution < -0.4 is 0 Å². The molecule has 5 nitrogen and oxygen atoms in total. The van der Waals surface area contributed by atoms with Gasteiger partial charge in [-0.05, 0) is 22.9 Å². The number of benzene rings is 3. The van der Waals surface area contributed by atoms with Gasteiger partial charge in [0.15, 0.2) is 0 Å². The second-order valence-electron chi connectivity index (χ2n) is 8.51. The van der Waals surface area contributed by atoms with Gasteiger partial charge in [-0.2, -0.15) is 5.56 Å². The van der Waals surface area contributed by atoms with Gasteiger partial charge in [-0.1, -0.05) is 36.4 Å². The van der Waals surface area contributed by atoms with Gasteiger partial charge >= 0.3 is 20.1 Å². The van der Waals surface area contributed by atoms with Crippen molar-refractivity contribution < 1.29 is 28.9 Å². The molecule has 0 aliphatic rings. The predicted molar refractivity (Wildman–Crippen MR) is 153 cm³/mol. The van der Waals surface area contributed by atoms with Crippen molar-refractivity contribution in [2.45, 2.75) is 0 Å². The summed E-state index contributed by atoms with van der Waals surface area (Å²) in [5.74, 6) is -0.625. The van der Waals surface area contributed by atoms with Gasteiger partial charge in [0.05, 0.1) is 23.3 Å². The molecule has 0 radical (unpaired) electrons. The van der Waals surface area contributed by atoms with Crippen LogP contribution in [0.1, 0.15) is 5.56 Å². The molecule has 3 heterocycles. The van der Waals surface area contributed by atoms with E-state index in [1.54, 1.807) is 60.3 Å². The number of imidazole rings is 2. The van der Waals surface area contributed by atoms with Crippen molar-refractivity contribution >= 4 is 6.08 Å². The Morgan fingerprint density at radius 1 is 0.732 bits per heavy atom. The molecule has 0 unspecified atom stereocenters. The van der Waals surface area contributed by atoms with E-state index in [1.165, 1.54) is 0 Å². The maximum Gasteiger partial charge on any atom is 3.00 e. The maximum absolute atomic E-state index is 14.0. The standard InChI is InChI=1S/C14H11F2N4.C11H8N.C8H7.Ir/c1-19-5-3-17-13(19)9-7-10(12(16)8-11(9)15)14-18-4-6-20(14)2;1-2-6-10(7-3-1)11-8-4-5-9-12-11;1-2-8-6-4-3-5-7-8;/h3-6,8H,1-2H3;1-6,8-9H;1-7H;/q3*-1;+3. The molecule has 0 atom stereocenters. The van der Waals surface area contributed by atoms with Crippen LogP contribution in [0.25, 0.3) is 40.1 Å². The smallest absolute Gasteiger partial charge is 0.365 e. The minimum absolute atomic E-state index is 0. The molecule has 8 heteroatoms. The summed E-state index contributed by atoms with van der Waals surface area (Å²) < 4.78 is 31.2. The van der Waals surface area contributed by atoms with Gasteiger partial charge in [-0.3, -0.25) is 25.3 Å². The molecule has 0 aliphatic heterocycles. The molecule has 41 heavy (non-hydrogen) atoms. The second kappa shape index (κ2) is 15.3. The molecular formula is C33H26F2IrN5. The van der Waals surface area contributed by atoms with E-state index in [0.29, 0.717) is 11.6 Å². The first-order chi connectivity index (χ1) is 19.5. The van der Waals surface area contributed by atoms with E-state index in [-0.39, 0.29) is 31.2 Å². The number of aromatic nitrogens is 5. The molecule has 0 amide bonds. The van der Waals surface area contributed by atoms with Crippen molar-refractivity contribution in [2.24, 2.45) is 14.1 Å². The molecule has 0 saturated heterocycles. The van der Waals surface area contributed by atoms with Crippen LogP contribution in [0.2, 0.25) is 0 Å². The SMILES string of the molecule is Cn1ccnc1-c1[c-]c(-c2nccn2C)c(F)cc1F.[CH-]=Cc1ccccc1.[Ir+3].[c-]1ccccc1-c1ccccn1. The molecule has 0 spiro atoms. The summed E-state index contributed by atoms with van der Waals surface area (Å²) in [5.41, 5.74) is 3.32. The van der Waals surface area contributed by atoms with Crippen molar-refractivity contribution in [1.82, 2.24) is 24.1 Å². The number of nitrogens with zero attached hydrogens (tertiary/aromatic N) is 5. The van der Waals surface area contributed by atoms with Crippen molar-refractivity contribution in [3.8, 4) is 34.0 Å². The monoisotopic (exact) mass is 723 g/mol. The molecule has 206 valence electrons. The number of pyridine rings is 1. The minimum atomic E-state index is -0.699. The quantitative estimate of drug-likeness (QED) is 0.180. The second-order valence-corrected chi connectivity index (χ2v) is 8.51. The van der Waals surface area contributed by atoms with Crippen LogP contribution >= 0.6 is 0 Å². The normalized spacial score (nSPS) is 9.85. The van der Waals surface area contributed by atoms with Crippen LogP contribution in [0.4, 0.5) is 8.78 Å². The van der Waals surface area contributed by atoms with Crippen LogP contribution in [-0.2, 0) is 34.2 Å². The zero-order chi connectivity index (χ0) is 28.3. The molecule has 6 rings (SSSR count). The Labute approximate surface area is 252 Å². The molecule has 3 aromatic heterocycles. The van der Waals surface area contributed by atoms with Crippen molar-refractivity contribution in [1.29, 1.82) is 0 Å². The maximum atomic E-state index is 14.0. The molecule has 6 aromatic rings. The average molecular weight is 723 g/mol. The fourth-order valence-corrected chi connectivity index (χ4v) is 3.68. The number of aryl methyl sites for hydroxylation is 2. The van der Waals surface area contributed by atoms with Crippen LogP contribution in [0.5, 0.6) is 0 Å². The summed E-state index contributed by atoms with van der Waals surface area (Å²) in [6.45, 7) is 5.22. The van der Waals surface area contributed by atoms with Crippen LogP contribution in [0.15, 0.2) is 110 Å². The predicted octanol–water partition coefficient (Wildman–Crippen LogP) is 7.25. The van der Waals surface area contributed by atoms with E-state index < -0.39 is 11.6 Å². The number of hydrogen-bond donors (Lipinski definition) is 0. The Hall–Kier alpha value is -4.52. The van der Waals surface area contributed by atoms with Crippen LogP contribution in [0, 0.1) is 30.3 Å². The van der Waals surface area contributed by atoms with Gasteiger partial charge in [0.25, 0.3) is 0 Å². The molecule has 0 bridgehead atoms. The largest absolute Gasteiger partial charge is 3.00 e. The van der Waals surface area contributed by atoms with Crippen LogP contribution in [0.3, 0.4) is 0 Å². The first kappa shape index (κ1) is 31.0. The van der Waals surface area contributed by atoms with Gasteiger partial charge in [0.2, 0.25) is 0 Å². The third kappa shape index (κ3) is 8.24. The fourth-order valence-electron chi connectivity index (χ4n) is 3.68. The Balaban J connectivity index is 0.000000187. The van der Waals surface area contributed by atoms with E-state index in [9.17, 15) is 8.78 Å². The van der Waals surface area contributed by atoms with Crippen LogP contribution in [-0.4, -0.2) is 24.1 Å².